The van der Waals surface area contributed by atoms with Gasteiger partial charge >= 0.3 is 0 Å². The van der Waals surface area contributed by atoms with E-state index in [4.69, 9.17) is 4.42 Å². The number of rotatable bonds is 3. The molecule has 1 amide bonds. The third-order valence-electron chi connectivity index (χ3n) is 5.66. The van der Waals surface area contributed by atoms with Crippen LogP contribution in [0.1, 0.15) is 35.4 Å². The Hall–Kier alpha value is -3.14. The van der Waals surface area contributed by atoms with E-state index in [1.807, 2.05) is 53.4 Å². The highest BCUT2D eigenvalue weighted by molar-refractivity contribution is 6.05. The van der Waals surface area contributed by atoms with Gasteiger partial charge in [0.25, 0.3) is 5.91 Å². The van der Waals surface area contributed by atoms with E-state index in [2.05, 4.69) is 17.1 Å². The summed E-state index contributed by atoms with van der Waals surface area (Å²) in [6.07, 6.45) is 5.68. The first kappa shape index (κ1) is 17.0. The Morgan fingerprint density at radius 1 is 1.04 bits per heavy atom. The molecule has 0 saturated carbocycles. The molecule has 4 aromatic rings. The maximum absolute atomic E-state index is 13.4. The molecule has 1 atom stereocenters. The lowest BCUT2D eigenvalue weighted by molar-refractivity contribution is 0.0609. The van der Waals surface area contributed by atoms with Gasteiger partial charge in [-0.25, -0.2) is 0 Å². The highest BCUT2D eigenvalue weighted by Crippen LogP contribution is 2.27. The lowest BCUT2D eigenvalue weighted by Gasteiger charge is -2.35. The van der Waals surface area contributed by atoms with Crippen molar-refractivity contribution in [2.24, 2.45) is 0 Å². The zero-order valence-electron chi connectivity index (χ0n) is 15.7. The number of aromatic nitrogens is 1. The van der Waals surface area contributed by atoms with Gasteiger partial charge in [-0.3, -0.25) is 9.78 Å². The second-order valence-electron chi connectivity index (χ2n) is 7.48. The Morgan fingerprint density at radius 3 is 2.82 bits per heavy atom. The van der Waals surface area contributed by atoms with Crippen molar-refractivity contribution < 1.29 is 9.21 Å². The SMILES string of the molecule is O=C(c1cccc2cccnc12)N1CCCCC1Cc1cc2ccccc2o1. The van der Waals surface area contributed by atoms with E-state index in [1.165, 1.54) is 0 Å². The number of para-hydroxylation sites is 2. The van der Waals surface area contributed by atoms with Crippen LogP contribution in [0.3, 0.4) is 0 Å². The number of piperidine rings is 1. The number of benzene rings is 2. The minimum Gasteiger partial charge on any atom is -0.461 e. The fourth-order valence-corrected chi connectivity index (χ4v) is 4.28. The molecule has 2 aromatic carbocycles. The maximum Gasteiger partial charge on any atom is 0.256 e. The molecule has 0 bridgehead atoms. The molecule has 1 saturated heterocycles. The molecule has 140 valence electrons. The highest BCUT2D eigenvalue weighted by atomic mass is 16.3. The van der Waals surface area contributed by atoms with E-state index in [-0.39, 0.29) is 11.9 Å². The molecule has 3 heterocycles. The predicted octanol–water partition coefficient (Wildman–Crippen LogP) is 5.22. The number of hydrogen-bond acceptors (Lipinski definition) is 3. The van der Waals surface area contributed by atoms with E-state index in [9.17, 15) is 4.79 Å². The standard InChI is InChI=1S/C24H22N2O2/c27-24(21-11-5-8-17-9-6-13-25-23(17)21)26-14-4-3-10-19(26)16-20-15-18-7-1-2-12-22(18)28-20/h1-2,5-9,11-13,15,19H,3-4,10,14,16H2. The third kappa shape index (κ3) is 3.05. The van der Waals surface area contributed by atoms with Crippen molar-refractivity contribution in [2.45, 2.75) is 31.7 Å². The smallest absolute Gasteiger partial charge is 0.256 e. The number of hydrogen-bond donors (Lipinski definition) is 0. The molecule has 1 aliphatic rings. The first-order valence-electron chi connectivity index (χ1n) is 9.92. The number of nitrogens with zero attached hydrogens (tertiary/aromatic N) is 2. The maximum atomic E-state index is 13.4. The van der Waals surface area contributed by atoms with Gasteiger partial charge in [-0.05, 0) is 43.5 Å². The monoisotopic (exact) mass is 370 g/mol. The Balaban J connectivity index is 1.45. The molecule has 0 spiro atoms. The minimum atomic E-state index is 0.0742. The summed E-state index contributed by atoms with van der Waals surface area (Å²) < 4.78 is 6.02. The Kier molecular flexibility index (Phi) is 4.32. The molecule has 2 aromatic heterocycles. The van der Waals surface area contributed by atoms with Crippen LogP contribution in [-0.4, -0.2) is 28.4 Å². The first-order chi connectivity index (χ1) is 13.8. The largest absolute Gasteiger partial charge is 0.461 e. The van der Waals surface area contributed by atoms with Crippen LogP contribution in [0.15, 0.2) is 71.3 Å². The number of likely N-dealkylation sites (tertiary alicyclic amines) is 1. The zero-order valence-corrected chi connectivity index (χ0v) is 15.7. The van der Waals surface area contributed by atoms with Crippen molar-refractivity contribution in [3.63, 3.8) is 0 Å². The van der Waals surface area contributed by atoms with Crippen molar-refractivity contribution in [3.05, 3.63) is 78.2 Å². The molecule has 4 nitrogen and oxygen atoms in total. The molecule has 0 radical (unpaired) electrons. The number of carbonyl (C=O) groups excluding carboxylic acids is 1. The Morgan fingerprint density at radius 2 is 1.89 bits per heavy atom. The van der Waals surface area contributed by atoms with Crippen LogP contribution in [0.4, 0.5) is 0 Å². The van der Waals surface area contributed by atoms with Gasteiger partial charge in [0.15, 0.2) is 0 Å². The fraction of sp³-hybridized carbons (Fsp3) is 0.250. The molecule has 1 unspecified atom stereocenters. The Bertz CT molecular complexity index is 1110. The van der Waals surface area contributed by atoms with Gasteiger partial charge in [0, 0.05) is 36.0 Å². The number of furan rings is 1. The van der Waals surface area contributed by atoms with Gasteiger partial charge in [-0.1, -0.05) is 36.4 Å². The number of pyridine rings is 1. The van der Waals surface area contributed by atoms with Gasteiger partial charge in [-0.2, -0.15) is 0 Å². The number of fused-ring (bicyclic) bond motifs is 2. The fourth-order valence-electron chi connectivity index (χ4n) is 4.28. The summed E-state index contributed by atoms with van der Waals surface area (Å²) in [5.41, 5.74) is 2.38. The molecule has 5 rings (SSSR count). The third-order valence-corrected chi connectivity index (χ3v) is 5.66. The summed E-state index contributed by atoms with van der Waals surface area (Å²) in [7, 11) is 0. The molecular formula is C24H22N2O2. The quantitative estimate of drug-likeness (QED) is 0.497. The lowest BCUT2D eigenvalue weighted by Crippen LogP contribution is -2.44. The molecule has 1 aliphatic heterocycles. The predicted molar refractivity (Wildman–Crippen MR) is 110 cm³/mol. The van der Waals surface area contributed by atoms with Gasteiger partial charge in [0.05, 0.1) is 11.1 Å². The molecule has 1 fully saturated rings. The highest BCUT2D eigenvalue weighted by Gasteiger charge is 2.29. The number of carbonyl (C=O) groups is 1. The lowest BCUT2D eigenvalue weighted by atomic mass is 9.96. The summed E-state index contributed by atoms with van der Waals surface area (Å²) in [5.74, 6) is 1.02. The van der Waals surface area contributed by atoms with Crippen LogP contribution in [-0.2, 0) is 6.42 Å². The average molecular weight is 370 g/mol. The molecule has 0 aliphatic carbocycles. The molecular weight excluding hydrogens is 348 g/mol. The molecule has 4 heteroatoms. The average Bonchev–Trinajstić information content (AvgIpc) is 3.15. The zero-order chi connectivity index (χ0) is 18.9. The van der Waals surface area contributed by atoms with Crippen LogP contribution in [0.2, 0.25) is 0 Å². The van der Waals surface area contributed by atoms with Crippen LogP contribution in [0.5, 0.6) is 0 Å². The topological polar surface area (TPSA) is 46.3 Å². The van der Waals surface area contributed by atoms with E-state index < -0.39 is 0 Å². The van der Waals surface area contributed by atoms with Crippen LogP contribution in [0.25, 0.3) is 21.9 Å². The minimum absolute atomic E-state index is 0.0742. The summed E-state index contributed by atoms with van der Waals surface area (Å²) in [5, 5.41) is 2.11. The molecule has 28 heavy (non-hydrogen) atoms. The van der Waals surface area contributed by atoms with E-state index >= 15 is 0 Å². The summed E-state index contributed by atoms with van der Waals surface area (Å²) in [6, 6.07) is 20.1. The van der Waals surface area contributed by atoms with Crippen molar-refractivity contribution in [3.8, 4) is 0 Å². The van der Waals surface area contributed by atoms with Crippen molar-refractivity contribution in [2.75, 3.05) is 6.54 Å². The van der Waals surface area contributed by atoms with E-state index in [0.29, 0.717) is 5.56 Å². The normalized spacial score (nSPS) is 17.3. The van der Waals surface area contributed by atoms with Gasteiger partial charge in [0.2, 0.25) is 0 Å². The van der Waals surface area contributed by atoms with Crippen LogP contribution < -0.4 is 0 Å². The second kappa shape index (κ2) is 7.12. The van der Waals surface area contributed by atoms with Crippen LogP contribution in [0, 0.1) is 0 Å². The summed E-state index contributed by atoms with van der Waals surface area (Å²) >= 11 is 0. The summed E-state index contributed by atoms with van der Waals surface area (Å²) in [6.45, 7) is 0.785. The van der Waals surface area contributed by atoms with E-state index in [0.717, 1.165) is 59.9 Å². The van der Waals surface area contributed by atoms with Crippen LogP contribution >= 0.6 is 0 Å². The van der Waals surface area contributed by atoms with Gasteiger partial charge in [-0.15, -0.1) is 0 Å². The second-order valence-corrected chi connectivity index (χ2v) is 7.48. The van der Waals surface area contributed by atoms with Gasteiger partial charge in [0.1, 0.15) is 11.3 Å². The summed E-state index contributed by atoms with van der Waals surface area (Å²) in [4.78, 5) is 19.9. The van der Waals surface area contributed by atoms with Crippen molar-refractivity contribution >= 4 is 27.8 Å². The number of amides is 1. The molecule has 0 N–H and O–H groups in total. The van der Waals surface area contributed by atoms with Gasteiger partial charge < -0.3 is 9.32 Å². The van der Waals surface area contributed by atoms with E-state index in [1.54, 1.807) is 6.20 Å². The van der Waals surface area contributed by atoms with Crippen molar-refractivity contribution in [1.29, 1.82) is 0 Å². The first-order valence-corrected chi connectivity index (χ1v) is 9.92. The van der Waals surface area contributed by atoms with Crippen molar-refractivity contribution in [1.82, 2.24) is 9.88 Å². The Labute approximate surface area is 163 Å².